The van der Waals surface area contributed by atoms with E-state index >= 15 is 0 Å². The van der Waals surface area contributed by atoms with Gasteiger partial charge in [-0.2, -0.15) is 0 Å². The highest BCUT2D eigenvalue weighted by atomic mass is 35.5. The lowest BCUT2D eigenvalue weighted by atomic mass is 9.99. The van der Waals surface area contributed by atoms with Crippen molar-refractivity contribution in [1.29, 1.82) is 0 Å². The molecule has 0 aliphatic rings. The first kappa shape index (κ1) is 18.6. The molecule has 0 spiro atoms. The zero-order valence-corrected chi connectivity index (χ0v) is 14.7. The first-order chi connectivity index (χ1) is 11.7. The Morgan fingerprint density at radius 3 is 2.44 bits per heavy atom. The minimum atomic E-state index is -1.05. The number of rotatable bonds is 5. The molecule has 0 N–H and O–H groups in total. The number of non-ortho nitro benzene ring substituents is 1. The van der Waals surface area contributed by atoms with Crippen LogP contribution in [-0.4, -0.2) is 22.8 Å². The number of Topliss-reactive ketones (excluding diaryl/α,β-unsaturated/α-hetero) is 1. The summed E-state index contributed by atoms with van der Waals surface area (Å²) in [6.45, 7) is 5.10. The summed E-state index contributed by atoms with van der Waals surface area (Å²) in [5.41, 5.74) is 1.70. The van der Waals surface area contributed by atoms with Gasteiger partial charge in [0.25, 0.3) is 5.69 Å². The van der Waals surface area contributed by atoms with Gasteiger partial charge in [0.05, 0.1) is 15.5 Å². The van der Waals surface area contributed by atoms with Crippen molar-refractivity contribution >= 4 is 29.0 Å². The van der Waals surface area contributed by atoms with E-state index in [0.29, 0.717) is 5.56 Å². The number of benzene rings is 2. The second-order valence-corrected chi connectivity index (χ2v) is 6.06. The van der Waals surface area contributed by atoms with Gasteiger partial charge in [0.2, 0.25) is 5.78 Å². The van der Waals surface area contributed by atoms with E-state index in [1.165, 1.54) is 19.1 Å². The molecular formula is C18H16ClNO5. The average Bonchev–Trinajstić information content (AvgIpc) is 2.56. The number of ketones is 1. The molecule has 0 saturated carbocycles. The molecule has 0 aliphatic carbocycles. The highest BCUT2D eigenvalue weighted by Crippen LogP contribution is 2.24. The van der Waals surface area contributed by atoms with Crippen LogP contribution in [-0.2, 0) is 4.74 Å². The van der Waals surface area contributed by atoms with Crippen LogP contribution in [0.25, 0.3) is 0 Å². The molecule has 0 fully saturated rings. The van der Waals surface area contributed by atoms with Gasteiger partial charge in [-0.15, -0.1) is 0 Å². The molecule has 0 amide bonds. The van der Waals surface area contributed by atoms with Crippen molar-refractivity contribution in [3.8, 4) is 0 Å². The highest BCUT2D eigenvalue weighted by Gasteiger charge is 2.24. The fourth-order valence-electron chi connectivity index (χ4n) is 2.28. The molecule has 7 heteroatoms. The smallest absolute Gasteiger partial charge is 0.340 e. The van der Waals surface area contributed by atoms with Crippen molar-refractivity contribution in [3.63, 3.8) is 0 Å². The number of halogens is 1. The largest absolute Gasteiger partial charge is 0.451 e. The van der Waals surface area contributed by atoms with Crippen molar-refractivity contribution in [2.45, 2.75) is 26.9 Å². The summed E-state index contributed by atoms with van der Waals surface area (Å²) < 4.78 is 5.17. The Balaban J connectivity index is 2.23. The van der Waals surface area contributed by atoms with Crippen molar-refractivity contribution < 1.29 is 19.2 Å². The molecule has 0 saturated heterocycles. The number of carbonyl (C=O) groups is 2. The van der Waals surface area contributed by atoms with Crippen LogP contribution in [0.2, 0.25) is 5.02 Å². The van der Waals surface area contributed by atoms with Gasteiger partial charge < -0.3 is 4.74 Å². The van der Waals surface area contributed by atoms with Gasteiger partial charge in [0.15, 0.2) is 6.10 Å². The van der Waals surface area contributed by atoms with E-state index in [1.54, 1.807) is 13.0 Å². The Bertz CT molecular complexity index is 863. The summed E-state index contributed by atoms with van der Waals surface area (Å²) in [7, 11) is 0. The van der Waals surface area contributed by atoms with E-state index in [9.17, 15) is 19.7 Å². The van der Waals surface area contributed by atoms with Gasteiger partial charge in [-0.1, -0.05) is 29.3 Å². The van der Waals surface area contributed by atoms with Crippen LogP contribution in [0.15, 0.2) is 36.4 Å². The van der Waals surface area contributed by atoms with Gasteiger partial charge in [-0.25, -0.2) is 4.79 Å². The number of ether oxygens (including phenoxy) is 1. The molecule has 6 nitrogen and oxygen atoms in total. The fraction of sp³-hybridized carbons (Fsp3) is 0.222. The Morgan fingerprint density at radius 2 is 1.80 bits per heavy atom. The van der Waals surface area contributed by atoms with Crippen molar-refractivity contribution in [2.75, 3.05) is 0 Å². The second kappa shape index (κ2) is 7.44. The third kappa shape index (κ3) is 4.22. The van der Waals surface area contributed by atoms with Crippen LogP contribution < -0.4 is 0 Å². The van der Waals surface area contributed by atoms with E-state index < -0.39 is 17.0 Å². The van der Waals surface area contributed by atoms with Gasteiger partial charge in [0, 0.05) is 17.7 Å². The number of nitro benzene ring substituents is 1. The molecular weight excluding hydrogens is 346 g/mol. The first-order valence-corrected chi connectivity index (χ1v) is 7.85. The maximum Gasteiger partial charge on any atom is 0.340 e. The third-order valence-corrected chi connectivity index (χ3v) is 4.02. The number of nitro groups is 1. The maximum absolute atomic E-state index is 12.5. The highest BCUT2D eigenvalue weighted by molar-refractivity contribution is 6.33. The van der Waals surface area contributed by atoms with Crippen LogP contribution in [0.5, 0.6) is 0 Å². The minimum Gasteiger partial charge on any atom is -0.451 e. The molecule has 0 unspecified atom stereocenters. The zero-order valence-electron chi connectivity index (χ0n) is 13.9. The predicted octanol–water partition coefficient (Wildman–Crippen LogP) is 4.29. The summed E-state index contributed by atoms with van der Waals surface area (Å²) in [6.07, 6.45) is -1.05. The number of hydrogen-bond acceptors (Lipinski definition) is 5. The van der Waals surface area contributed by atoms with E-state index in [-0.39, 0.29) is 22.1 Å². The van der Waals surface area contributed by atoms with Gasteiger partial charge in [0.1, 0.15) is 0 Å². The fourth-order valence-corrected chi connectivity index (χ4v) is 2.48. The number of esters is 1. The SMILES string of the molecule is Cc1ccc(C)c(C(=O)[C@H](C)OC(=O)c2cc([N+](=O)[O-])ccc2Cl)c1. The van der Waals surface area contributed by atoms with E-state index in [1.807, 2.05) is 19.1 Å². The molecule has 0 bridgehead atoms. The van der Waals surface area contributed by atoms with Crippen LogP contribution in [0.1, 0.15) is 38.8 Å². The number of aryl methyl sites for hydroxylation is 2. The van der Waals surface area contributed by atoms with Crippen LogP contribution in [0.4, 0.5) is 5.69 Å². The summed E-state index contributed by atoms with van der Waals surface area (Å²) in [4.78, 5) is 35.0. The molecule has 0 radical (unpaired) electrons. The quantitative estimate of drug-likeness (QED) is 0.343. The second-order valence-electron chi connectivity index (χ2n) is 5.65. The molecule has 130 valence electrons. The summed E-state index contributed by atoms with van der Waals surface area (Å²) in [5.74, 6) is -1.24. The average molecular weight is 362 g/mol. The summed E-state index contributed by atoms with van der Waals surface area (Å²) in [5, 5.41) is 10.8. The molecule has 25 heavy (non-hydrogen) atoms. The monoisotopic (exact) mass is 361 g/mol. The van der Waals surface area contributed by atoms with Crippen LogP contribution in [0, 0.1) is 24.0 Å². The molecule has 1 atom stereocenters. The normalized spacial score (nSPS) is 11.7. The zero-order chi connectivity index (χ0) is 18.7. The van der Waals surface area contributed by atoms with Crippen molar-refractivity contribution in [3.05, 3.63) is 73.8 Å². The molecule has 2 aromatic rings. The molecule has 0 aliphatic heterocycles. The van der Waals surface area contributed by atoms with Gasteiger partial charge in [-0.3, -0.25) is 14.9 Å². The number of nitrogens with zero attached hydrogens (tertiary/aromatic N) is 1. The summed E-state index contributed by atoms with van der Waals surface area (Å²) >= 11 is 5.91. The summed E-state index contributed by atoms with van der Waals surface area (Å²) in [6, 6.07) is 8.87. The van der Waals surface area contributed by atoms with E-state index in [0.717, 1.165) is 17.2 Å². The van der Waals surface area contributed by atoms with E-state index in [2.05, 4.69) is 0 Å². The van der Waals surface area contributed by atoms with Crippen molar-refractivity contribution in [1.82, 2.24) is 0 Å². The van der Waals surface area contributed by atoms with Crippen LogP contribution in [0.3, 0.4) is 0 Å². The van der Waals surface area contributed by atoms with Gasteiger partial charge in [-0.05, 0) is 38.5 Å². The lowest BCUT2D eigenvalue weighted by Gasteiger charge is -2.14. The van der Waals surface area contributed by atoms with Crippen LogP contribution >= 0.6 is 11.6 Å². The lowest BCUT2D eigenvalue weighted by molar-refractivity contribution is -0.384. The number of hydrogen-bond donors (Lipinski definition) is 0. The molecule has 2 rings (SSSR count). The Morgan fingerprint density at radius 1 is 1.12 bits per heavy atom. The minimum absolute atomic E-state index is 0.0157. The number of carbonyl (C=O) groups excluding carboxylic acids is 2. The Labute approximate surface area is 149 Å². The maximum atomic E-state index is 12.5. The topological polar surface area (TPSA) is 86.5 Å². The molecule has 0 aromatic heterocycles. The van der Waals surface area contributed by atoms with Crippen molar-refractivity contribution in [2.24, 2.45) is 0 Å². The molecule has 2 aromatic carbocycles. The molecule has 0 heterocycles. The first-order valence-electron chi connectivity index (χ1n) is 7.47. The predicted molar refractivity (Wildman–Crippen MR) is 93.2 cm³/mol. The van der Waals surface area contributed by atoms with Gasteiger partial charge >= 0.3 is 5.97 Å². The standard InChI is InChI=1S/C18H16ClNO5/c1-10-4-5-11(2)14(8-10)17(21)12(3)25-18(22)15-9-13(20(23)24)6-7-16(15)19/h4-9,12H,1-3H3/t12-/m0/s1. The van der Waals surface area contributed by atoms with E-state index in [4.69, 9.17) is 16.3 Å². The Kier molecular flexibility index (Phi) is 5.54. The third-order valence-electron chi connectivity index (χ3n) is 3.69. The Hall–Kier alpha value is -2.73. The lowest BCUT2D eigenvalue weighted by Crippen LogP contribution is -2.25.